The number of amides is 1. The summed E-state index contributed by atoms with van der Waals surface area (Å²) >= 11 is 0. The van der Waals surface area contributed by atoms with Gasteiger partial charge in [-0.25, -0.2) is 0 Å². The van der Waals surface area contributed by atoms with E-state index in [4.69, 9.17) is 0 Å². The lowest BCUT2D eigenvalue weighted by atomic mass is 9.72. The standard InChI is InChI=1S/C18H34N2O/c1-12(2)11-14-17(21)20(16(19-14)13(3)4)15-9-7-8-10-18(15,5)6/h12-16,19H,7-11H2,1-6H3. The van der Waals surface area contributed by atoms with Crippen LogP contribution >= 0.6 is 0 Å². The molecule has 2 aliphatic rings. The van der Waals surface area contributed by atoms with Crippen molar-refractivity contribution < 1.29 is 4.79 Å². The van der Waals surface area contributed by atoms with Crippen LogP contribution < -0.4 is 5.32 Å². The van der Waals surface area contributed by atoms with Crippen LogP contribution in [0, 0.1) is 17.3 Å². The van der Waals surface area contributed by atoms with Gasteiger partial charge in [0, 0.05) is 6.04 Å². The Labute approximate surface area is 130 Å². The quantitative estimate of drug-likeness (QED) is 0.855. The lowest BCUT2D eigenvalue weighted by Gasteiger charge is -2.46. The van der Waals surface area contributed by atoms with Crippen molar-refractivity contribution in [1.29, 1.82) is 0 Å². The molecule has 1 aliphatic heterocycles. The van der Waals surface area contributed by atoms with Crippen LogP contribution in [0.1, 0.15) is 73.6 Å². The summed E-state index contributed by atoms with van der Waals surface area (Å²) in [7, 11) is 0. The van der Waals surface area contributed by atoms with Gasteiger partial charge < -0.3 is 4.90 Å². The second-order valence-electron chi connectivity index (χ2n) is 8.53. The van der Waals surface area contributed by atoms with Gasteiger partial charge in [-0.3, -0.25) is 10.1 Å². The summed E-state index contributed by atoms with van der Waals surface area (Å²) < 4.78 is 0. The third-order valence-corrected chi connectivity index (χ3v) is 5.35. The molecule has 0 spiro atoms. The fourth-order valence-electron chi connectivity index (χ4n) is 4.17. The molecule has 1 aliphatic carbocycles. The number of carbonyl (C=O) groups excluding carboxylic acids is 1. The number of nitrogens with one attached hydrogen (secondary N) is 1. The number of rotatable bonds is 4. The van der Waals surface area contributed by atoms with Crippen molar-refractivity contribution in [3.8, 4) is 0 Å². The van der Waals surface area contributed by atoms with Crippen LogP contribution in [0.4, 0.5) is 0 Å². The largest absolute Gasteiger partial charge is 0.322 e. The van der Waals surface area contributed by atoms with Gasteiger partial charge in [0.1, 0.15) is 0 Å². The maximum absolute atomic E-state index is 13.0. The highest BCUT2D eigenvalue weighted by atomic mass is 16.2. The minimum atomic E-state index is 0.0233. The molecule has 2 rings (SSSR count). The molecule has 0 aromatic heterocycles. The molecule has 3 heteroatoms. The normalized spacial score (nSPS) is 33.2. The van der Waals surface area contributed by atoms with Gasteiger partial charge in [0.05, 0.1) is 12.2 Å². The van der Waals surface area contributed by atoms with E-state index in [1.807, 2.05) is 0 Å². The van der Waals surface area contributed by atoms with Crippen LogP contribution in [0.2, 0.25) is 0 Å². The Balaban J connectivity index is 2.23. The van der Waals surface area contributed by atoms with Gasteiger partial charge in [-0.15, -0.1) is 0 Å². The molecule has 0 aromatic carbocycles. The second-order valence-corrected chi connectivity index (χ2v) is 8.53. The molecule has 0 bridgehead atoms. The summed E-state index contributed by atoms with van der Waals surface area (Å²) in [6, 6.07) is 0.422. The van der Waals surface area contributed by atoms with Crippen LogP contribution in [-0.4, -0.2) is 29.1 Å². The third kappa shape index (κ3) is 3.44. The Bertz CT molecular complexity index is 375. The van der Waals surface area contributed by atoms with E-state index in [1.54, 1.807) is 0 Å². The zero-order chi connectivity index (χ0) is 15.8. The summed E-state index contributed by atoms with van der Waals surface area (Å²) in [6.45, 7) is 13.5. The zero-order valence-electron chi connectivity index (χ0n) is 14.8. The first-order chi connectivity index (χ1) is 9.74. The fraction of sp³-hybridized carbons (Fsp3) is 0.944. The summed E-state index contributed by atoms with van der Waals surface area (Å²) in [6.07, 6.45) is 6.13. The van der Waals surface area contributed by atoms with E-state index >= 15 is 0 Å². The Kier molecular flexibility index (Phi) is 5.02. The van der Waals surface area contributed by atoms with Crippen LogP contribution in [0.15, 0.2) is 0 Å². The number of carbonyl (C=O) groups is 1. The van der Waals surface area contributed by atoms with Crippen molar-refractivity contribution in [2.75, 3.05) is 0 Å². The van der Waals surface area contributed by atoms with E-state index in [-0.39, 0.29) is 17.6 Å². The molecule has 1 saturated carbocycles. The molecule has 0 radical (unpaired) electrons. The molecular weight excluding hydrogens is 260 g/mol. The van der Waals surface area contributed by atoms with Gasteiger partial charge in [-0.05, 0) is 36.5 Å². The molecule has 3 unspecified atom stereocenters. The fourth-order valence-corrected chi connectivity index (χ4v) is 4.17. The summed E-state index contributed by atoms with van der Waals surface area (Å²) in [5.74, 6) is 1.37. The molecule has 1 heterocycles. The highest BCUT2D eigenvalue weighted by Crippen LogP contribution is 2.41. The average molecular weight is 294 g/mol. The van der Waals surface area contributed by atoms with Gasteiger partial charge in [0.25, 0.3) is 0 Å². The molecule has 2 fully saturated rings. The minimum absolute atomic E-state index is 0.0233. The van der Waals surface area contributed by atoms with Crippen LogP contribution in [0.3, 0.4) is 0 Å². The summed E-state index contributed by atoms with van der Waals surface area (Å²) in [5.41, 5.74) is 0.245. The molecule has 1 saturated heterocycles. The maximum atomic E-state index is 13.0. The molecule has 3 atom stereocenters. The van der Waals surface area contributed by atoms with Crippen molar-refractivity contribution in [3.63, 3.8) is 0 Å². The molecule has 1 N–H and O–H groups in total. The van der Waals surface area contributed by atoms with Gasteiger partial charge >= 0.3 is 0 Å². The maximum Gasteiger partial charge on any atom is 0.241 e. The van der Waals surface area contributed by atoms with Crippen molar-refractivity contribution in [3.05, 3.63) is 0 Å². The van der Waals surface area contributed by atoms with E-state index in [9.17, 15) is 4.79 Å². The van der Waals surface area contributed by atoms with E-state index < -0.39 is 0 Å². The average Bonchev–Trinajstić information content (AvgIpc) is 2.66. The Hall–Kier alpha value is -0.570. The predicted molar refractivity (Wildman–Crippen MR) is 87.9 cm³/mol. The van der Waals surface area contributed by atoms with Crippen molar-refractivity contribution in [2.45, 2.75) is 91.9 Å². The lowest BCUT2D eigenvalue weighted by Crippen LogP contribution is -2.54. The van der Waals surface area contributed by atoms with Gasteiger partial charge in [-0.2, -0.15) is 0 Å². The Morgan fingerprint density at radius 1 is 1.24 bits per heavy atom. The first-order valence-corrected chi connectivity index (χ1v) is 8.82. The molecule has 122 valence electrons. The topological polar surface area (TPSA) is 32.3 Å². The Morgan fingerprint density at radius 3 is 2.43 bits per heavy atom. The molecule has 21 heavy (non-hydrogen) atoms. The molecule has 3 nitrogen and oxygen atoms in total. The minimum Gasteiger partial charge on any atom is -0.322 e. The van der Waals surface area contributed by atoms with Crippen molar-refractivity contribution in [1.82, 2.24) is 10.2 Å². The van der Waals surface area contributed by atoms with E-state index in [0.717, 1.165) is 12.8 Å². The smallest absolute Gasteiger partial charge is 0.241 e. The summed E-state index contributed by atoms with van der Waals surface area (Å²) in [5, 5.41) is 3.63. The van der Waals surface area contributed by atoms with Crippen molar-refractivity contribution >= 4 is 5.91 Å². The predicted octanol–water partition coefficient (Wildman–Crippen LogP) is 3.78. The highest BCUT2D eigenvalue weighted by Gasteiger charge is 2.48. The number of hydrogen-bond acceptors (Lipinski definition) is 2. The van der Waals surface area contributed by atoms with E-state index in [1.165, 1.54) is 19.3 Å². The third-order valence-electron chi connectivity index (χ3n) is 5.35. The second kappa shape index (κ2) is 6.28. The zero-order valence-corrected chi connectivity index (χ0v) is 14.8. The van der Waals surface area contributed by atoms with E-state index in [0.29, 0.717) is 23.8 Å². The van der Waals surface area contributed by atoms with Crippen LogP contribution in [0.25, 0.3) is 0 Å². The van der Waals surface area contributed by atoms with Gasteiger partial charge in [-0.1, -0.05) is 54.4 Å². The first-order valence-electron chi connectivity index (χ1n) is 8.82. The van der Waals surface area contributed by atoms with Crippen LogP contribution in [-0.2, 0) is 4.79 Å². The SMILES string of the molecule is CC(C)CC1NC(C(C)C)N(C2CCCCC2(C)C)C1=O. The van der Waals surface area contributed by atoms with E-state index in [2.05, 4.69) is 51.8 Å². The highest BCUT2D eigenvalue weighted by molar-refractivity contribution is 5.84. The van der Waals surface area contributed by atoms with Gasteiger partial charge in [0.2, 0.25) is 5.91 Å². The van der Waals surface area contributed by atoms with Gasteiger partial charge in [0.15, 0.2) is 0 Å². The van der Waals surface area contributed by atoms with Crippen LogP contribution in [0.5, 0.6) is 0 Å². The Morgan fingerprint density at radius 2 is 1.90 bits per heavy atom. The number of hydrogen-bond donors (Lipinski definition) is 1. The molecule has 0 aromatic rings. The first kappa shape index (κ1) is 16.8. The molecular formula is C18H34N2O. The number of nitrogens with zero attached hydrogens (tertiary/aromatic N) is 1. The monoisotopic (exact) mass is 294 g/mol. The lowest BCUT2D eigenvalue weighted by molar-refractivity contribution is -0.137. The van der Waals surface area contributed by atoms with Crippen molar-refractivity contribution in [2.24, 2.45) is 17.3 Å². The molecule has 1 amide bonds. The summed E-state index contributed by atoms with van der Waals surface area (Å²) in [4.78, 5) is 15.2.